The molecule has 25 heavy (non-hydrogen) atoms. The van der Waals surface area contributed by atoms with E-state index in [4.69, 9.17) is 5.11 Å². The molecule has 2 saturated heterocycles. The molecule has 7 heteroatoms. The molecule has 1 aromatic heterocycles. The molecule has 0 aliphatic carbocycles. The summed E-state index contributed by atoms with van der Waals surface area (Å²) in [7, 11) is 0. The first-order chi connectivity index (χ1) is 12.1. The molecule has 3 heterocycles. The van der Waals surface area contributed by atoms with Crippen LogP contribution in [0.5, 0.6) is 0 Å². The Morgan fingerprint density at radius 2 is 1.64 bits per heavy atom. The molecule has 134 valence electrons. The second kappa shape index (κ2) is 7.63. The van der Waals surface area contributed by atoms with E-state index in [9.17, 15) is 14.4 Å². The first-order valence-corrected chi connectivity index (χ1v) is 8.77. The Hall–Kier alpha value is -2.44. The summed E-state index contributed by atoms with van der Waals surface area (Å²) in [5.74, 6) is -1.33. The Bertz CT molecular complexity index is 641. The molecule has 0 radical (unpaired) electrons. The zero-order valence-electron chi connectivity index (χ0n) is 14.1. The minimum Gasteiger partial charge on any atom is -0.481 e. The fourth-order valence-corrected chi connectivity index (χ4v) is 3.65. The molecule has 0 bridgehead atoms. The van der Waals surface area contributed by atoms with Crippen LogP contribution in [0.3, 0.4) is 0 Å². The highest BCUT2D eigenvalue weighted by molar-refractivity contribution is 5.94. The Balaban J connectivity index is 1.59. The van der Waals surface area contributed by atoms with Crippen LogP contribution >= 0.6 is 0 Å². The number of amides is 2. The Kier molecular flexibility index (Phi) is 5.31. The van der Waals surface area contributed by atoms with Gasteiger partial charge in [0.15, 0.2) is 0 Å². The zero-order chi connectivity index (χ0) is 17.8. The van der Waals surface area contributed by atoms with Crippen LogP contribution < -0.4 is 0 Å². The van der Waals surface area contributed by atoms with Crippen LogP contribution in [-0.4, -0.2) is 63.9 Å². The van der Waals surface area contributed by atoms with E-state index in [-0.39, 0.29) is 23.7 Å². The van der Waals surface area contributed by atoms with Gasteiger partial charge in [-0.3, -0.25) is 19.4 Å². The summed E-state index contributed by atoms with van der Waals surface area (Å²) in [6.45, 7) is 2.07. The van der Waals surface area contributed by atoms with Crippen molar-refractivity contribution in [3.8, 4) is 0 Å². The fourth-order valence-electron chi connectivity index (χ4n) is 3.65. The SMILES string of the molecule is O=C(O)C1CCN(C(=O)C2CCCN(C(=O)c3ccncc3)C2)CC1. The van der Waals surface area contributed by atoms with Gasteiger partial charge in [0.25, 0.3) is 5.91 Å². The lowest BCUT2D eigenvalue weighted by Gasteiger charge is -2.37. The quantitative estimate of drug-likeness (QED) is 0.890. The molecule has 1 N–H and O–H groups in total. The maximum Gasteiger partial charge on any atom is 0.306 e. The van der Waals surface area contributed by atoms with Crippen molar-refractivity contribution < 1.29 is 19.5 Å². The first kappa shape index (κ1) is 17.4. The minimum atomic E-state index is -0.779. The van der Waals surface area contributed by atoms with E-state index in [1.807, 2.05) is 0 Å². The average Bonchev–Trinajstić information content (AvgIpc) is 2.67. The average molecular weight is 345 g/mol. The predicted octanol–water partition coefficient (Wildman–Crippen LogP) is 1.26. The molecule has 1 aromatic rings. The summed E-state index contributed by atoms with van der Waals surface area (Å²) >= 11 is 0. The van der Waals surface area contributed by atoms with Crippen molar-refractivity contribution in [2.75, 3.05) is 26.2 Å². The normalized spacial score (nSPS) is 21.8. The summed E-state index contributed by atoms with van der Waals surface area (Å²) in [6, 6.07) is 3.37. The number of aliphatic carboxylic acids is 1. The molecule has 3 rings (SSSR count). The lowest BCUT2D eigenvalue weighted by molar-refractivity contribution is -0.147. The molecule has 2 amide bonds. The number of carbonyl (C=O) groups is 3. The number of hydrogen-bond donors (Lipinski definition) is 1. The predicted molar refractivity (Wildman–Crippen MR) is 89.8 cm³/mol. The first-order valence-electron chi connectivity index (χ1n) is 8.77. The highest BCUT2D eigenvalue weighted by Gasteiger charge is 2.34. The summed E-state index contributed by atoms with van der Waals surface area (Å²) in [4.78, 5) is 43.8. The number of nitrogens with zero attached hydrogens (tertiary/aromatic N) is 3. The summed E-state index contributed by atoms with van der Waals surface area (Å²) in [5, 5.41) is 9.06. The number of likely N-dealkylation sites (tertiary alicyclic amines) is 2. The third-order valence-electron chi connectivity index (χ3n) is 5.14. The Labute approximate surface area is 146 Å². The van der Waals surface area contributed by atoms with E-state index in [1.54, 1.807) is 34.3 Å². The molecule has 1 unspecified atom stereocenters. The van der Waals surface area contributed by atoms with Crippen molar-refractivity contribution in [1.82, 2.24) is 14.8 Å². The van der Waals surface area contributed by atoms with Gasteiger partial charge < -0.3 is 14.9 Å². The number of piperidine rings is 2. The molecule has 2 aliphatic heterocycles. The molecular formula is C18H23N3O4. The molecule has 2 aliphatic rings. The highest BCUT2D eigenvalue weighted by atomic mass is 16.4. The Morgan fingerprint density at radius 1 is 0.960 bits per heavy atom. The molecule has 0 aromatic carbocycles. The van der Waals surface area contributed by atoms with Gasteiger partial charge in [0.1, 0.15) is 0 Å². The van der Waals surface area contributed by atoms with Crippen LogP contribution in [-0.2, 0) is 9.59 Å². The van der Waals surface area contributed by atoms with Crippen LogP contribution in [0.25, 0.3) is 0 Å². The lowest BCUT2D eigenvalue weighted by Crippen LogP contribution is -2.49. The number of pyridine rings is 1. The smallest absolute Gasteiger partial charge is 0.306 e. The number of aromatic nitrogens is 1. The standard InChI is InChI=1S/C18H23N3O4/c22-16(13-3-7-19-8-4-13)21-9-1-2-15(12-21)17(23)20-10-5-14(6-11-20)18(24)25/h3-4,7-8,14-15H,1-2,5-6,9-12H2,(H,24,25). The maximum atomic E-state index is 12.8. The van der Waals surface area contributed by atoms with Gasteiger partial charge in [-0.05, 0) is 37.8 Å². The zero-order valence-corrected chi connectivity index (χ0v) is 14.1. The van der Waals surface area contributed by atoms with Crippen LogP contribution in [0.15, 0.2) is 24.5 Å². The summed E-state index contributed by atoms with van der Waals surface area (Å²) < 4.78 is 0. The van der Waals surface area contributed by atoms with Crippen LogP contribution in [0.2, 0.25) is 0 Å². The molecule has 7 nitrogen and oxygen atoms in total. The van der Waals surface area contributed by atoms with Gasteiger partial charge in [-0.1, -0.05) is 0 Å². The van der Waals surface area contributed by atoms with Crippen molar-refractivity contribution in [3.63, 3.8) is 0 Å². The van der Waals surface area contributed by atoms with Gasteiger partial charge in [0.2, 0.25) is 5.91 Å². The number of carbonyl (C=O) groups excluding carboxylic acids is 2. The van der Waals surface area contributed by atoms with Crippen molar-refractivity contribution in [1.29, 1.82) is 0 Å². The minimum absolute atomic E-state index is 0.0519. The summed E-state index contributed by atoms with van der Waals surface area (Å²) in [5.41, 5.74) is 0.588. The number of carboxylic acids is 1. The number of hydrogen-bond acceptors (Lipinski definition) is 4. The van der Waals surface area contributed by atoms with Gasteiger partial charge in [-0.25, -0.2) is 0 Å². The van der Waals surface area contributed by atoms with E-state index >= 15 is 0 Å². The molecule has 0 saturated carbocycles. The van der Waals surface area contributed by atoms with E-state index in [0.29, 0.717) is 44.6 Å². The molecule has 0 spiro atoms. The van der Waals surface area contributed by atoms with Gasteiger partial charge in [-0.15, -0.1) is 0 Å². The molecular weight excluding hydrogens is 322 g/mol. The third-order valence-corrected chi connectivity index (χ3v) is 5.14. The van der Waals surface area contributed by atoms with Crippen molar-refractivity contribution in [3.05, 3.63) is 30.1 Å². The molecule has 2 fully saturated rings. The van der Waals surface area contributed by atoms with Crippen molar-refractivity contribution in [2.24, 2.45) is 11.8 Å². The largest absolute Gasteiger partial charge is 0.481 e. The monoisotopic (exact) mass is 345 g/mol. The highest BCUT2D eigenvalue weighted by Crippen LogP contribution is 2.24. The van der Waals surface area contributed by atoms with Crippen molar-refractivity contribution >= 4 is 17.8 Å². The van der Waals surface area contributed by atoms with Gasteiger partial charge in [0, 0.05) is 44.1 Å². The fraction of sp³-hybridized carbons (Fsp3) is 0.556. The Morgan fingerprint density at radius 3 is 2.28 bits per heavy atom. The lowest BCUT2D eigenvalue weighted by atomic mass is 9.92. The van der Waals surface area contributed by atoms with Crippen LogP contribution in [0, 0.1) is 11.8 Å². The summed E-state index contributed by atoms with van der Waals surface area (Å²) in [6.07, 6.45) is 5.77. The second-order valence-corrected chi connectivity index (χ2v) is 6.76. The van der Waals surface area contributed by atoms with Crippen LogP contribution in [0.4, 0.5) is 0 Å². The van der Waals surface area contributed by atoms with E-state index in [0.717, 1.165) is 12.8 Å². The van der Waals surface area contributed by atoms with Crippen molar-refractivity contribution in [2.45, 2.75) is 25.7 Å². The maximum absolute atomic E-state index is 12.8. The van der Waals surface area contributed by atoms with Gasteiger partial charge in [0.05, 0.1) is 11.8 Å². The van der Waals surface area contributed by atoms with Gasteiger partial charge >= 0.3 is 5.97 Å². The number of carboxylic acid groups (broad SMARTS) is 1. The van der Waals surface area contributed by atoms with Crippen LogP contribution in [0.1, 0.15) is 36.0 Å². The van der Waals surface area contributed by atoms with E-state index in [1.165, 1.54) is 0 Å². The van der Waals surface area contributed by atoms with E-state index in [2.05, 4.69) is 4.98 Å². The van der Waals surface area contributed by atoms with Gasteiger partial charge in [-0.2, -0.15) is 0 Å². The molecule has 1 atom stereocenters. The second-order valence-electron chi connectivity index (χ2n) is 6.76. The third kappa shape index (κ3) is 3.97. The number of rotatable bonds is 3. The topological polar surface area (TPSA) is 90.8 Å². The van der Waals surface area contributed by atoms with E-state index < -0.39 is 5.97 Å².